The fraction of sp³-hybridized carbons (Fsp3) is 0.0714. The van der Waals surface area contributed by atoms with Crippen LogP contribution in [0.1, 0.15) is 5.56 Å². The van der Waals surface area contributed by atoms with Crippen molar-refractivity contribution in [3.05, 3.63) is 53.1 Å². The summed E-state index contributed by atoms with van der Waals surface area (Å²) in [5, 5.41) is 18.3. The molecule has 0 aliphatic heterocycles. The summed E-state index contributed by atoms with van der Waals surface area (Å²) in [5.74, 6) is -0.784. The number of phenolic OH excluding ortho intramolecular Hbond substituents is 1. The number of aliphatic carboxylic acids is 1. The molecule has 2 aromatic rings. The maximum atomic E-state index is 10.6. The minimum Gasteiger partial charge on any atom is -0.506 e. The monoisotopic (exact) mass is 294 g/mol. The van der Waals surface area contributed by atoms with Gasteiger partial charge >= 0.3 is 5.97 Å². The van der Waals surface area contributed by atoms with Crippen molar-refractivity contribution >= 4 is 29.3 Å². The highest BCUT2D eigenvalue weighted by atomic mass is 35.5. The van der Waals surface area contributed by atoms with Gasteiger partial charge in [-0.15, -0.1) is 0 Å². The number of carboxylic acid groups (broad SMARTS) is 1. The number of rotatable bonds is 4. The molecule has 0 heterocycles. The lowest BCUT2D eigenvalue weighted by Crippen LogP contribution is -1.99. The molecule has 0 bridgehead atoms. The summed E-state index contributed by atoms with van der Waals surface area (Å²) in [4.78, 5) is 12.5. The maximum absolute atomic E-state index is 10.6. The molecule has 19 heavy (non-hydrogen) atoms. The maximum Gasteiger partial charge on any atom is 0.307 e. The number of phenols is 1. The third-order valence-electron chi connectivity index (χ3n) is 2.43. The quantitative estimate of drug-likeness (QED) is 0.900. The molecule has 0 radical (unpaired) electrons. The van der Waals surface area contributed by atoms with Crippen LogP contribution < -0.4 is 0 Å². The smallest absolute Gasteiger partial charge is 0.307 e. The van der Waals surface area contributed by atoms with E-state index in [9.17, 15) is 9.90 Å². The third-order valence-corrected chi connectivity index (χ3v) is 3.73. The summed E-state index contributed by atoms with van der Waals surface area (Å²) >= 11 is 7.33. The predicted octanol–water partition coefficient (Wildman–Crippen LogP) is 3.82. The van der Waals surface area contributed by atoms with Crippen molar-refractivity contribution in [1.82, 2.24) is 0 Å². The van der Waals surface area contributed by atoms with Crippen molar-refractivity contribution in [1.29, 1.82) is 0 Å². The summed E-state index contributed by atoms with van der Waals surface area (Å²) in [7, 11) is 0. The zero-order valence-electron chi connectivity index (χ0n) is 9.84. The molecular formula is C14H11ClO3S. The van der Waals surface area contributed by atoms with E-state index in [1.54, 1.807) is 30.3 Å². The SMILES string of the molecule is O=C(O)Cc1ccc(Sc2ccc(O)c(Cl)c2)cc1. The predicted molar refractivity (Wildman–Crippen MR) is 75.0 cm³/mol. The average molecular weight is 295 g/mol. The Kier molecular flexibility index (Phi) is 4.35. The second kappa shape index (κ2) is 5.99. The standard InChI is InChI=1S/C14H11ClO3S/c15-12-8-11(5-6-13(12)16)19-10-3-1-9(2-4-10)7-14(17)18/h1-6,8,16H,7H2,(H,17,18). The van der Waals surface area contributed by atoms with Gasteiger partial charge in [-0.05, 0) is 35.9 Å². The molecule has 0 spiro atoms. The van der Waals surface area contributed by atoms with E-state index < -0.39 is 5.97 Å². The van der Waals surface area contributed by atoms with Crippen molar-refractivity contribution < 1.29 is 15.0 Å². The third kappa shape index (κ3) is 3.91. The molecular weight excluding hydrogens is 284 g/mol. The Morgan fingerprint density at radius 2 is 1.74 bits per heavy atom. The number of carbonyl (C=O) groups is 1. The Bertz CT molecular complexity index is 596. The largest absolute Gasteiger partial charge is 0.506 e. The van der Waals surface area contributed by atoms with Gasteiger partial charge in [0.2, 0.25) is 0 Å². The fourth-order valence-electron chi connectivity index (χ4n) is 1.54. The van der Waals surface area contributed by atoms with Crippen molar-refractivity contribution in [2.45, 2.75) is 16.2 Å². The summed E-state index contributed by atoms with van der Waals surface area (Å²) in [6.45, 7) is 0. The average Bonchev–Trinajstić information content (AvgIpc) is 2.36. The highest BCUT2D eigenvalue weighted by Crippen LogP contribution is 2.33. The first-order chi connectivity index (χ1) is 9.04. The van der Waals surface area contributed by atoms with Crippen LogP contribution in [0, 0.1) is 0 Å². The van der Waals surface area contributed by atoms with Crippen LogP contribution in [0.25, 0.3) is 0 Å². The number of benzene rings is 2. The van der Waals surface area contributed by atoms with E-state index in [0.717, 1.165) is 15.4 Å². The zero-order valence-corrected chi connectivity index (χ0v) is 11.4. The Morgan fingerprint density at radius 3 is 2.32 bits per heavy atom. The highest BCUT2D eigenvalue weighted by molar-refractivity contribution is 7.99. The van der Waals surface area contributed by atoms with Gasteiger partial charge in [-0.2, -0.15) is 0 Å². The van der Waals surface area contributed by atoms with Gasteiger partial charge in [0, 0.05) is 9.79 Å². The molecule has 3 nitrogen and oxygen atoms in total. The van der Waals surface area contributed by atoms with E-state index in [2.05, 4.69) is 0 Å². The number of aromatic hydroxyl groups is 1. The van der Waals surface area contributed by atoms with Gasteiger partial charge in [0.1, 0.15) is 5.75 Å². The molecule has 2 N–H and O–H groups in total. The Balaban J connectivity index is 2.10. The lowest BCUT2D eigenvalue weighted by Gasteiger charge is -2.04. The Hall–Kier alpha value is -1.65. The van der Waals surface area contributed by atoms with Gasteiger partial charge < -0.3 is 10.2 Å². The highest BCUT2D eigenvalue weighted by Gasteiger charge is 2.04. The van der Waals surface area contributed by atoms with Gasteiger partial charge in [-0.25, -0.2) is 0 Å². The first kappa shape index (κ1) is 13.8. The first-order valence-electron chi connectivity index (χ1n) is 5.52. The molecule has 0 saturated heterocycles. The van der Waals surface area contributed by atoms with Crippen LogP contribution in [-0.4, -0.2) is 16.2 Å². The molecule has 0 atom stereocenters. The Morgan fingerprint density at radius 1 is 1.11 bits per heavy atom. The minimum absolute atomic E-state index is 0.0238. The van der Waals surface area contributed by atoms with E-state index in [1.165, 1.54) is 11.8 Å². The fourth-order valence-corrected chi connectivity index (χ4v) is 2.64. The molecule has 5 heteroatoms. The molecule has 2 aromatic carbocycles. The molecule has 0 aromatic heterocycles. The van der Waals surface area contributed by atoms with Crippen molar-refractivity contribution in [2.24, 2.45) is 0 Å². The van der Waals surface area contributed by atoms with Crippen LogP contribution in [0.4, 0.5) is 0 Å². The van der Waals surface area contributed by atoms with Gasteiger partial charge in [0.25, 0.3) is 0 Å². The van der Waals surface area contributed by atoms with Gasteiger partial charge in [0.15, 0.2) is 0 Å². The molecule has 0 saturated carbocycles. The summed E-state index contributed by atoms with van der Waals surface area (Å²) in [6, 6.07) is 12.3. The van der Waals surface area contributed by atoms with E-state index in [4.69, 9.17) is 16.7 Å². The molecule has 0 amide bonds. The van der Waals surface area contributed by atoms with Gasteiger partial charge in [-0.1, -0.05) is 35.5 Å². The number of hydrogen-bond donors (Lipinski definition) is 2. The second-order valence-electron chi connectivity index (χ2n) is 3.93. The van der Waals surface area contributed by atoms with Crippen LogP contribution in [0.2, 0.25) is 5.02 Å². The van der Waals surface area contributed by atoms with Crippen LogP contribution in [-0.2, 0) is 11.2 Å². The summed E-state index contributed by atoms with van der Waals surface area (Å²) in [5.41, 5.74) is 0.764. The first-order valence-corrected chi connectivity index (χ1v) is 6.71. The molecule has 2 rings (SSSR count). The van der Waals surface area contributed by atoms with Crippen molar-refractivity contribution in [2.75, 3.05) is 0 Å². The number of halogens is 1. The summed E-state index contributed by atoms with van der Waals surface area (Å²) in [6.07, 6.45) is 0.0238. The van der Waals surface area contributed by atoms with Gasteiger partial charge in [0.05, 0.1) is 11.4 Å². The van der Waals surface area contributed by atoms with Crippen LogP contribution in [0.3, 0.4) is 0 Å². The molecule has 0 fully saturated rings. The van der Waals surface area contributed by atoms with Gasteiger partial charge in [-0.3, -0.25) is 4.79 Å². The molecule has 98 valence electrons. The normalized spacial score (nSPS) is 10.4. The van der Waals surface area contributed by atoms with E-state index >= 15 is 0 Å². The summed E-state index contributed by atoms with van der Waals surface area (Å²) < 4.78 is 0. The molecule has 0 aliphatic rings. The lowest BCUT2D eigenvalue weighted by atomic mass is 10.2. The van der Waals surface area contributed by atoms with Crippen LogP contribution in [0.15, 0.2) is 52.3 Å². The van der Waals surface area contributed by atoms with Crippen LogP contribution >= 0.6 is 23.4 Å². The topological polar surface area (TPSA) is 57.5 Å². The molecule has 0 aliphatic carbocycles. The van der Waals surface area contributed by atoms with E-state index in [-0.39, 0.29) is 12.2 Å². The van der Waals surface area contributed by atoms with E-state index in [1.807, 2.05) is 12.1 Å². The number of hydrogen-bond acceptors (Lipinski definition) is 3. The van der Waals surface area contributed by atoms with Crippen LogP contribution in [0.5, 0.6) is 5.75 Å². The second-order valence-corrected chi connectivity index (χ2v) is 5.48. The van der Waals surface area contributed by atoms with E-state index in [0.29, 0.717) is 5.02 Å². The molecule has 0 unspecified atom stereocenters. The lowest BCUT2D eigenvalue weighted by molar-refractivity contribution is -0.136. The zero-order chi connectivity index (χ0) is 13.8. The van der Waals surface area contributed by atoms with Crippen molar-refractivity contribution in [3.8, 4) is 5.75 Å². The number of carboxylic acids is 1. The van der Waals surface area contributed by atoms with Crippen molar-refractivity contribution in [3.63, 3.8) is 0 Å². The minimum atomic E-state index is -0.842. The Labute approximate surface area is 119 Å².